The molecule has 0 unspecified atom stereocenters. The zero-order chi connectivity index (χ0) is 21.5. The average Bonchev–Trinajstić information content (AvgIpc) is 3.05. The van der Waals surface area contributed by atoms with E-state index in [9.17, 15) is 13.2 Å². The van der Waals surface area contributed by atoms with Crippen LogP contribution in [0.1, 0.15) is 32.9 Å². The number of nitrogens with zero attached hydrogens (tertiary/aromatic N) is 3. The monoisotopic (exact) mass is 424 g/mol. The molecule has 0 fully saturated rings. The molecule has 1 aliphatic heterocycles. The summed E-state index contributed by atoms with van der Waals surface area (Å²) in [5, 5.41) is 7.45. The summed E-state index contributed by atoms with van der Waals surface area (Å²) in [5.41, 5.74) is 6.06. The van der Waals surface area contributed by atoms with E-state index in [1.165, 1.54) is 10.6 Å². The molecule has 1 N–H and O–H groups in total. The van der Waals surface area contributed by atoms with Crippen molar-refractivity contribution in [2.75, 3.05) is 18.1 Å². The Hall–Kier alpha value is -2.97. The van der Waals surface area contributed by atoms with Crippen LogP contribution in [0.3, 0.4) is 0 Å². The van der Waals surface area contributed by atoms with Crippen molar-refractivity contribution < 1.29 is 13.2 Å². The highest BCUT2D eigenvalue weighted by molar-refractivity contribution is 7.88. The van der Waals surface area contributed by atoms with Crippen LogP contribution in [-0.4, -0.2) is 41.2 Å². The van der Waals surface area contributed by atoms with Gasteiger partial charge in [-0.15, -0.1) is 0 Å². The van der Waals surface area contributed by atoms with Gasteiger partial charge in [-0.25, -0.2) is 13.1 Å². The lowest BCUT2D eigenvalue weighted by Gasteiger charge is -2.28. The largest absolute Gasteiger partial charge is 0.322 e. The van der Waals surface area contributed by atoms with Gasteiger partial charge in [0.15, 0.2) is 0 Å². The van der Waals surface area contributed by atoms with Gasteiger partial charge in [0.05, 0.1) is 17.6 Å². The van der Waals surface area contributed by atoms with Crippen molar-refractivity contribution in [3.63, 3.8) is 0 Å². The van der Waals surface area contributed by atoms with Crippen LogP contribution < -0.4 is 5.32 Å². The number of benzene rings is 2. The van der Waals surface area contributed by atoms with Crippen LogP contribution in [0.2, 0.25) is 0 Å². The fraction of sp³-hybridized carbons (Fsp3) is 0.273. The van der Waals surface area contributed by atoms with Gasteiger partial charge in [-0.3, -0.25) is 4.79 Å². The van der Waals surface area contributed by atoms with Crippen LogP contribution in [0.25, 0.3) is 5.69 Å². The minimum Gasteiger partial charge on any atom is -0.322 e. The molecular weight excluding hydrogens is 400 g/mol. The first-order valence-corrected chi connectivity index (χ1v) is 11.6. The second kappa shape index (κ2) is 7.70. The van der Waals surface area contributed by atoms with Crippen LogP contribution in [-0.2, 0) is 23.0 Å². The summed E-state index contributed by atoms with van der Waals surface area (Å²) < 4.78 is 27.0. The third-order valence-electron chi connectivity index (χ3n) is 5.33. The Morgan fingerprint density at radius 1 is 1.10 bits per heavy atom. The summed E-state index contributed by atoms with van der Waals surface area (Å²) in [4.78, 5) is 12.8. The average molecular weight is 425 g/mol. The van der Waals surface area contributed by atoms with Crippen LogP contribution >= 0.6 is 0 Å². The number of amides is 1. The minimum atomic E-state index is -3.24. The molecular formula is C22H24N4O3S. The summed E-state index contributed by atoms with van der Waals surface area (Å²) in [6, 6.07) is 14.9. The molecule has 8 heteroatoms. The lowest BCUT2D eigenvalue weighted by Crippen LogP contribution is -2.35. The standard InChI is InChI=1S/C22H24N4O3S/c1-15-13-16(2)26(24-15)19-9-7-17(8-10-19)22(27)23-21-6-4-5-18-14-25(30(3,28)29)12-11-20(18)21/h4-10,13H,11-12,14H2,1-3H3,(H,23,27). The molecule has 1 amide bonds. The normalized spacial score (nSPS) is 14.4. The SMILES string of the molecule is Cc1cc(C)n(-c2ccc(C(=O)Nc3cccc4c3CCN(S(C)(=O)=O)C4)cc2)n1. The predicted octanol–water partition coefficient (Wildman–Crippen LogP) is 3.06. The van der Waals surface area contributed by atoms with Crippen molar-refractivity contribution in [1.29, 1.82) is 0 Å². The molecule has 30 heavy (non-hydrogen) atoms. The Morgan fingerprint density at radius 2 is 1.83 bits per heavy atom. The number of aromatic nitrogens is 2. The smallest absolute Gasteiger partial charge is 0.255 e. The summed E-state index contributed by atoms with van der Waals surface area (Å²) in [7, 11) is -3.24. The molecule has 7 nitrogen and oxygen atoms in total. The second-order valence-electron chi connectivity index (χ2n) is 7.63. The summed E-state index contributed by atoms with van der Waals surface area (Å²) in [5.74, 6) is -0.200. The third kappa shape index (κ3) is 4.01. The van der Waals surface area contributed by atoms with Gasteiger partial charge >= 0.3 is 0 Å². The maximum Gasteiger partial charge on any atom is 0.255 e. The molecule has 156 valence electrons. The molecule has 0 saturated heterocycles. The topological polar surface area (TPSA) is 84.3 Å². The number of aryl methyl sites for hydroxylation is 2. The molecule has 0 aliphatic carbocycles. The summed E-state index contributed by atoms with van der Waals surface area (Å²) >= 11 is 0. The second-order valence-corrected chi connectivity index (χ2v) is 9.61. The number of hydrogen-bond acceptors (Lipinski definition) is 4. The van der Waals surface area contributed by atoms with Gasteiger partial charge in [-0.1, -0.05) is 12.1 Å². The van der Waals surface area contributed by atoms with Gasteiger partial charge in [-0.2, -0.15) is 9.40 Å². The highest BCUT2D eigenvalue weighted by Crippen LogP contribution is 2.27. The number of nitrogens with one attached hydrogen (secondary N) is 1. The first-order valence-electron chi connectivity index (χ1n) is 9.73. The van der Waals surface area contributed by atoms with Gasteiger partial charge in [0.2, 0.25) is 10.0 Å². The van der Waals surface area contributed by atoms with Crippen molar-refractivity contribution in [2.45, 2.75) is 26.8 Å². The summed E-state index contributed by atoms with van der Waals surface area (Å²) in [6.07, 6.45) is 1.79. The van der Waals surface area contributed by atoms with E-state index in [-0.39, 0.29) is 5.91 Å². The lowest BCUT2D eigenvalue weighted by atomic mass is 9.99. The van der Waals surface area contributed by atoms with Gasteiger partial charge < -0.3 is 5.32 Å². The van der Waals surface area contributed by atoms with Crippen molar-refractivity contribution in [3.05, 3.63) is 76.6 Å². The molecule has 0 atom stereocenters. The number of rotatable bonds is 4. The highest BCUT2D eigenvalue weighted by atomic mass is 32.2. The number of carbonyl (C=O) groups is 1. The quantitative estimate of drug-likeness (QED) is 0.698. The number of anilines is 1. The number of sulfonamides is 1. The van der Waals surface area contributed by atoms with Crippen LogP contribution in [0.5, 0.6) is 0 Å². The molecule has 0 saturated carbocycles. The Balaban J connectivity index is 1.53. The predicted molar refractivity (Wildman–Crippen MR) is 116 cm³/mol. The fourth-order valence-electron chi connectivity index (χ4n) is 3.82. The van der Waals surface area contributed by atoms with Crippen molar-refractivity contribution in [1.82, 2.24) is 14.1 Å². The van der Waals surface area contributed by atoms with E-state index in [4.69, 9.17) is 0 Å². The molecule has 0 spiro atoms. The molecule has 4 rings (SSSR count). The van der Waals surface area contributed by atoms with E-state index in [2.05, 4.69) is 10.4 Å². The Morgan fingerprint density at radius 3 is 2.47 bits per heavy atom. The van der Waals surface area contributed by atoms with Crippen LogP contribution in [0.4, 0.5) is 5.69 Å². The van der Waals surface area contributed by atoms with E-state index in [1.807, 2.05) is 54.9 Å². The zero-order valence-corrected chi connectivity index (χ0v) is 18.0. The van der Waals surface area contributed by atoms with Gasteiger partial charge in [0.1, 0.15) is 0 Å². The highest BCUT2D eigenvalue weighted by Gasteiger charge is 2.25. The first kappa shape index (κ1) is 20.3. The fourth-order valence-corrected chi connectivity index (χ4v) is 4.62. The van der Waals surface area contributed by atoms with E-state index >= 15 is 0 Å². The minimum absolute atomic E-state index is 0.200. The molecule has 2 heterocycles. The maximum absolute atomic E-state index is 12.8. The van der Waals surface area contributed by atoms with Crippen molar-refractivity contribution >= 4 is 21.6 Å². The van der Waals surface area contributed by atoms with E-state index in [0.29, 0.717) is 25.1 Å². The number of fused-ring (bicyclic) bond motifs is 1. The molecule has 2 aromatic carbocycles. The van der Waals surface area contributed by atoms with Gasteiger partial charge in [-0.05, 0) is 67.8 Å². The lowest BCUT2D eigenvalue weighted by molar-refractivity contribution is 0.102. The van der Waals surface area contributed by atoms with Crippen LogP contribution in [0, 0.1) is 13.8 Å². The van der Waals surface area contributed by atoms with Crippen LogP contribution in [0.15, 0.2) is 48.5 Å². The molecule has 0 bridgehead atoms. The number of hydrogen-bond donors (Lipinski definition) is 1. The number of carbonyl (C=O) groups excluding carboxylic acids is 1. The van der Waals surface area contributed by atoms with Gasteiger partial charge in [0, 0.05) is 30.0 Å². The van der Waals surface area contributed by atoms with Gasteiger partial charge in [0.25, 0.3) is 5.91 Å². The van der Waals surface area contributed by atoms with Crippen molar-refractivity contribution in [2.24, 2.45) is 0 Å². The third-order valence-corrected chi connectivity index (χ3v) is 6.58. The van der Waals surface area contributed by atoms with E-state index < -0.39 is 10.0 Å². The molecule has 0 radical (unpaired) electrons. The van der Waals surface area contributed by atoms with E-state index in [1.54, 1.807) is 12.1 Å². The zero-order valence-electron chi connectivity index (χ0n) is 17.2. The summed E-state index contributed by atoms with van der Waals surface area (Å²) in [6.45, 7) is 4.68. The molecule has 3 aromatic rings. The van der Waals surface area contributed by atoms with Crippen molar-refractivity contribution in [3.8, 4) is 5.69 Å². The molecule has 1 aromatic heterocycles. The maximum atomic E-state index is 12.8. The van der Waals surface area contributed by atoms with E-state index in [0.717, 1.165) is 33.9 Å². The Kier molecular flexibility index (Phi) is 5.21. The Labute approximate surface area is 176 Å². The first-order chi connectivity index (χ1) is 14.2. The Bertz CT molecular complexity index is 1210. The molecule has 1 aliphatic rings.